The zero-order chi connectivity index (χ0) is 12.8. The Bertz CT molecular complexity index is 403. The molecule has 2 rings (SSSR count). The number of nitrogens with two attached hydrogens (primary N) is 1. The number of ether oxygens (including phenoxy) is 2. The van der Waals surface area contributed by atoms with E-state index in [-0.39, 0.29) is 0 Å². The first-order valence-corrected chi connectivity index (χ1v) is 7.00. The van der Waals surface area contributed by atoms with E-state index in [1.54, 1.807) is 7.11 Å². The van der Waals surface area contributed by atoms with E-state index in [0.29, 0.717) is 26.2 Å². The van der Waals surface area contributed by atoms with E-state index < -0.39 is 0 Å². The Labute approximate surface area is 111 Å². The quantitative estimate of drug-likeness (QED) is 0.429. The molecule has 1 aliphatic rings. The number of thioether (sulfide) groups is 1. The first kappa shape index (κ1) is 13.5. The molecule has 7 heteroatoms. The molecule has 6 nitrogen and oxygen atoms in total. The van der Waals surface area contributed by atoms with E-state index in [4.69, 9.17) is 15.3 Å². The second kappa shape index (κ2) is 6.89. The van der Waals surface area contributed by atoms with Crippen LogP contribution in [0.3, 0.4) is 0 Å². The van der Waals surface area contributed by atoms with E-state index in [1.807, 2.05) is 11.8 Å². The number of fused-ring (bicyclic) bond motifs is 1. The minimum atomic E-state index is 0.597. The van der Waals surface area contributed by atoms with Crippen molar-refractivity contribution in [2.24, 2.45) is 5.84 Å². The van der Waals surface area contributed by atoms with Crippen LogP contribution in [0, 0.1) is 0 Å². The minimum absolute atomic E-state index is 0.597. The van der Waals surface area contributed by atoms with Gasteiger partial charge in [0.05, 0.1) is 25.5 Å². The van der Waals surface area contributed by atoms with Crippen molar-refractivity contribution in [1.82, 2.24) is 9.97 Å². The molecule has 1 aliphatic heterocycles. The van der Waals surface area contributed by atoms with Crippen molar-refractivity contribution in [2.75, 3.05) is 32.4 Å². The summed E-state index contributed by atoms with van der Waals surface area (Å²) < 4.78 is 10.3. The van der Waals surface area contributed by atoms with Gasteiger partial charge in [-0.2, -0.15) is 11.8 Å². The molecule has 0 unspecified atom stereocenters. The molecule has 0 aliphatic carbocycles. The third kappa shape index (κ3) is 3.32. The summed E-state index contributed by atoms with van der Waals surface area (Å²) in [7, 11) is 1.66. The molecule has 0 saturated carbocycles. The van der Waals surface area contributed by atoms with Crippen molar-refractivity contribution in [2.45, 2.75) is 17.9 Å². The van der Waals surface area contributed by atoms with Crippen molar-refractivity contribution in [3.63, 3.8) is 0 Å². The van der Waals surface area contributed by atoms with Crippen LogP contribution in [0.25, 0.3) is 0 Å². The average Bonchev–Trinajstić information content (AvgIpc) is 2.85. The largest absolute Gasteiger partial charge is 0.382 e. The normalized spacial score (nSPS) is 13.7. The topological polar surface area (TPSA) is 82.3 Å². The molecule has 0 aromatic carbocycles. The molecule has 0 saturated heterocycles. The van der Waals surface area contributed by atoms with Gasteiger partial charge in [-0.1, -0.05) is 0 Å². The van der Waals surface area contributed by atoms with Crippen LogP contribution in [0.4, 0.5) is 5.82 Å². The Hall–Kier alpha value is -0.890. The smallest absolute Gasteiger partial charge is 0.148 e. The second-order valence-electron chi connectivity index (χ2n) is 3.91. The molecule has 0 radical (unpaired) electrons. The molecule has 0 atom stereocenters. The van der Waals surface area contributed by atoms with Gasteiger partial charge >= 0.3 is 0 Å². The van der Waals surface area contributed by atoms with Crippen molar-refractivity contribution >= 4 is 17.6 Å². The van der Waals surface area contributed by atoms with Gasteiger partial charge in [0.1, 0.15) is 11.6 Å². The molecule has 18 heavy (non-hydrogen) atoms. The lowest BCUT2D eigenvalue weighted by Gasteiger charge is -2.09. The van der Waals surface area contributed by atoms with Gasteiger partial charge in [0, 0.05) is 30.6 Å². The highest BCUT2D eigenvalue weighted by molar-refractivity contribution is 7.98. The number of aromatic nitrogens is 2. The van der Waals surface area contributed by atoms with Gasteiger partial charge in [-0.15, -0.1) is 0 Å². The summed E-state index contributed by atoms with van der Waals surface area (Å²) in [5.74, 6) is 8.88. The van der Waals surface area contributed by atoms with Gasteiger partial charge in [0.15, 0.2) is 0 Å². The molecular formula is C11H18N4O2S. The Morgan fingerprint density at radius 3 is 2.94 bits per heavy atom. The van der Waals surface area contributed by atoms with Crippen molar-refractivity contribution < 1.29 is 9.47 Å². The predicted molar refractivity (Wildman–Crippen MR) is 71.2 cm³/mol. The monoisotopic (exact) mass is 270 g/mol. The summed E-state index contributed by atoms with van der Waals surface area (Å²) >= 11 is 1.83. The summed E-state index contributed by atoms with van der Waals surface area (Å²) in [5, 5.41) is 0. The molecule has 0 bridgehead atoms. The molecule has 2 heterocycles. The van der Waals surface area contributed by atoms with Crippen molar-refractivity contribution in [3.05, 3.63) is 17.1 Å². The van der Waals surface area contributed by atoms with Gasteiger partial charge in [-0.05, 0) is 0 Å². The number of hydrazine groups is 1. The van der Waals surface area contributed by atoms with Gasteiger partial charge in [0.2, 0.25) is 0 Å². The van der Waals surface area contributed by atoms with Crippen molar-refractivity contribution in [1.29, 1.82) is 0 Å². The van der Waals surface area contributed by atoms with Gasteiger partial charge in [0.25, 0.3) is 0 Å². The van der Waals surface area contributed by atoms with Crippen LogP contribution in [-0.4, -0.2) is 36.9 Å². The van der Waals surface area contributed by atoms with Gasteiger partial charge in [-0.25, -0.2) is 15.8 Å². The van der Waals surface area contributed by atoms with Crippen LogP contribution >= 0.6 is 11.8 Å². The molecule has 3 N–H and O–H groups in total. The van der Waals surface area contributed by atoms with E-state index in [1.165, 1.54) is 0 Å². The molecular weight excluding hydrogens is 252 g/mol. The summed E-state index contributed by atoms with van der Waals surface area (Å²) in [5.41, 5.74) is 4.88. The maximum absolute atomic E-state index is 5.49. The number of methoxy groups -OCH3 is 1. The van der Waals surface area contributed by atoms with Crippen molar-refractivity contribution in [3.8, 4) is 0 Å². The van der Waals surface area contributed by atoms with Crippen LogP contribution < -0.4 is 11.3 Å². The number of nitrogens with zero attached hydrogens (tertiary/aromatic N) is 2. The maximum Gasteiger partial charge on any atom is 0.148 e. The Morgan fingerprint density at radius 2 is 2.17 bits per heavy atom. The highest BCUT2D eigenvalue weighted by Gasteiger charge is 2.19. The lowest BCUT2D eigenvalue weighted by atomic mass is 10.2. The third-order valence-corrected chi connectivity index (χ3v) is 3.63. The van der Waals surface area contributed by atoms with E-state index in [0.717, 1.165) is 34.4 Å². The predicted octanol–water partition coefficient (Wildman–Crippen LogP) is 0.715. The zero-order valence-corrected chi connectivity index (χ0v) is 11.3. The number of anilines is 1. The number of hydrogen-bond acceptors (Lipinski definition) is 7. The first-order valence-electron chi connectivity index (χ1n) is 5.85. The lowest BCUT2D eigenvalue weighted by Crippen LogP contribution is -2.15. The standard InChI is InChI=1S/C11H18N4O2S/c1-16-4-5-17-3-2-10-13-9-7-18-6-8(9)11(14-10)15-12/h2-7,12H2,1H3,(H,13,14,15). The maximum atomic E-state index is 5.49. The average molecular weight is 270 g/mol. The summed E-state index contributed by atoms with van der Waals surface area (Å²) in [6.07, 6.45) is 0.691. The van der Waals surface area contributed by atoms with Crippen LogP contribution in [0.1, 0.15) is 17.1 Å². The van der Waals surface area contributed by atoms with Gasteiger partial charge in [-0.3, -0.25) is 0 Å². The lowest BCUT2D eigenvalue weighted by molar-refractivity contribution is 0.0716. The minimum Gasteiger partial charge on any atom is -0.382 e. The fourth-order valence-electron chi connectivity index (χ4n) is 1.74. The molecule has 0 spiro atoms. The van der Waals surface area contributed by atoms with E-state index >= 15 is 0 Å². The summed E-state index contributed by atoms with van der Waals surface area (Å²) in [6.45, 7) is 1.80. The highest BCUT2D eigenvalue weighted by Crippen LogP contribution is 2.32. The highest BCUT2D eigenvalue weighted by atomic mass is 32.2. The van der Waals surface area contributed by atoms with Crippen LogP contribution in [0.15, 0.2) is 0 Å². The first-order chi connectivity index (χ1) is 8.85. The van der Waals surface area contributed by atoms with E-state index in [9.17, 15) is 0 Å². The molecule has 0 fully saturated rings. The molecule has 1 aromatic rings. The fourth-order valence-corrected chi connectivity index (χ4v) is 2.78. The molecule has 1 aromatic heterocycles. The zero-order valence-electron chi connectivity index (χ0n) is 10.4. The second-order valence-corrected chi connectivity index (χ2v) is 4.89. The number of nitrogen functional groups attached to an aromatic ring is 1. The molecule has 100 valence electrons. The van der Waals surface area contributed by atoms with Crippen LogP contribution in [-0.2, 0) is 27.4 Å². The van der Waals surface area contributed by atoms with Gasteiger partial charge < -0.3 is 14.9 Å². The van der Waals surface area contributed by atoms with Crippen LogP contribution in [0.5, 0.6) is 0 Å². The number of hydrogen-bond donors (Lipinski definition) is 2. The SMILES string of the molecule is COCCOCCc1nc2c(c(NN)n1)CSC2. The van der Waals surface area contributed by atoms with Crippen LogP contribution in [0.2, 0.25) is 0 Å². The summed E-state index contributed by atoms with van der Waals surface area (Å²) in [6, 6.07) is 0. The Balaban J connectivity index is 1.93. The third-order valence-electron chi connectivity index (χ3n) is 2.66. The Morgan fingerprint density at radius 1 is 1.28 bits per heavy atom. The molecule has 0 amide bonds. The van der Waals surface area contributed by atoms with E-state index in [2.05, 4.69) is 15.4 Å². The fraction of sp³-hybridized carbons (Fsp3) is 0.636. The number of nitrogens with one attached hydrogen (secondary N) is 1. The Kier molecular flexibility index (Phi) is 5.18. The summed E-state index contributed by atoms with van der Waals surface area (Å²) in [4.78, 5) is 8.95. The number of rotatable bonds is 7.